The van der Waals surface area contributed by atoms with E-state index in [0.29, 0.717) is 18.9 Å². The minimum absolute atomic E-state index is 0.142. The number of aromatic nitrogens is 3. The van der Waals surface area contributed by atoms with Gasteiger partial charge in [0.25, 0.3) is 5.95 Å². The second kappa shape index (κ2) is 8.78. The van der Waals surface area contributed by atoms with Crippen LogP contribution in [0.3, 0.4) is 0 Å². The van der Waals surface area contributed by atoms with Gasteiger partial charge in [-0.25, -0.2) is 9.78 Å². The van der Waals surface area contributed by atoms with E-state index in [0.717, 1.165) is 12.8 Å². The number of amides is 2. The summed E-state index contributed by atoms with van der Waals surface area (Å²) in [5.41, 5.74) is 0. The van der Waals surface area contributed by atoms with Gasteiger partial charge < -0.3 is 10.4 Å². The molecule has 0 aliphatic heterocycles. The zero-order chi connectivity index (χ0) is 14.8. The standard InChI is InChI=1S/C12H19N5O3/c1-2-9(3-4-10(18)19)5-6-14-12(20)16-11-13-7-8-15-17-11/h7-9H,2-6H2,1H3,(H,18,19)(H2,13,14,16,17,20). The van der Waals surface area contributed by atoms with Crippen LogP contribution in [0.15, 0.2) is 12.4 Å². The van der Waals surface area contributed by atoms with E-state index in [-0.39, 0.29) is 12.4 Å². The Kier molecular flexibility index (Phi) is 6.94. The van der Waals surface area contributed by atoms with Gasteiger partial charge in [-0.1, -0.05) is 13.3 Å². The molecule has 3 N–H and O–H groups in total. The van der Waals surface area contributed by atoms with Crippen molar-refractivity contribution < 1.29 is 14.7 Å². The van der Waals surface area contributed by atoms with Crippen LogP contribution >= 0.6 is 0 Å². The Morgan fingerprint density at radius 2 is 2.15 bits per heavy atom. The first-order valence-electron chi connectivity index (χ1n) is 6.52. The lowest BCUT2D eigenvalue weighted by Crippen LogP contribution is -2.31. The van der Waals surface area contributed by atoms with Crippen LogP contribution in [0.1, 0.15) is 32.6 Å². The molecule has 1 atom stereocenters. The van der Waals surface area contributed by atoms with Crippen molar-refractivity contribution in [3.63, 3.8) is 0 Å². The third kappa shape index (κ3) is 6.62. The number of hydrogen-bond donors (Lipinski definition) is 3. The normalized spacial score (nSPS) is 11.7. The minimum Gasteiger partial charge on any atom is -0.481 e. The third-order valence-corrected chi connectivity index (χ3v) is 2.89. The number of aliphatic carboxylic acids is 1. The lowest BCUT2D eigenvalue weighted by molar-refractivity contribution is -0.137. The summed E-state index contributed by atoms with van der Waals surface area (Å²) in [6.07, 6.45) is 5.27. The van der Waals surface area contributed by atoms with Gasteiger partial charge in [0, 0.05) is 13.0 Å². The number of nitrogens with zero attached hydrogens (tertiary/aromatic N) is 3. The van der Waals surface area contributed by atoms with E-state index in [4.69, 9.17) is 5.11 Å². The Morgan fingerprint density at radius 3 is 2.75 bits per heavy atom. The number of rotatable bonds is 8. The Morgan fingerprint density at radius 1 is 1.35 bits per heavy atom. The zero-order valence-corrected chi connectivity index (χ0v) is 11.4. The maximum atomic E-state index is 11.5. The Hall–Kier alpha value is -2.25. The van der Waals surface area contributed by atoms with Crippen LogP contribution in [0.2, 0.25) is 0 Å². The monoisotopic (exact) mass is 281 g/mol. The van der Waals surface area contributed by atoms with E-state index < -0.39 is 12.0 Å². The van der Waals surface area contributed by atoms with Gasteiger partial charge in [0.15, 0.2) is 0 Å². The Bertz CT molecular complexity index is 426. The topological polar surface area (TPSA) is 117 Å². The van der Waals surface area contributed by atoms with Crippen LogP contribution in [0, 0.1) is 5.92 Å². The second-order valence-electron chi connectivity index (χ2n) is 4.34. The van der Waals surface area contributed by atoms with Crippen LogP contribution < -0.4 is 10.6 Å². The average molecular weight is 281 g/mol. The van der Waals surface area contributed by atoms with Crippen molar-refractivity contribution in [2.45, 2.75) is 32.6 Å². The van der Waals surface area contributed by atoms with E-state index in [1.54, 1.807) is 0 Å². The van der Waals surface area contributed by atoms with Crippen LogP contribution in [-0.4, -0.2) is 38.8 Å². The Labute approximate surface area is 117 Å². The number of carbonyl (C=O) groups excluding carboxylic acids is 1. The molecule has 1 rings (SSSR count). The van der Waals surface area contributed by atoms with Crippen LogP contribution in [0.5, 0.6) is 0 Å². The van der Waals surface area contributed by atoms with Crippen molar-refractivity contribution in [3.05, 3.63) is 12.4 Å². The molecule has 8 heteroatoms. The highest BCUT2D eigenvalue weighted by Gasteiger charge is 2.10. The number of nitrogens with one attached hydrogen (secondary N) is 2. The number of carboxylic acids is 1. The molecule has 1 unspecified atom stereocenters. The maximum absolute atomic E-state index is 11.5. The van der Waals surface area contributed by atoms with Gasteiger partial charge in [-0.3, -0.25) is 10.1 Å². The highest BCUT2D eigenvalue weighted by atomic mass is 16.4. The molecular weight excluding hydrogens is 262 g/mol. The number of carboxylic acid groups (broad SMARTS) is 1. The number of carbonyl (C=O) groups is 2. The molecule has 0 fully saturated rings. The van der Waals surface area contributed by atoms with Gasteiger partial charge in [-0.15, -0.1) is 5.10 Å². The molecule has 110 valence electrons. The highest BCUT2D eigenvalue weighted by molar-refractivity contribution is 5.87. The predicted octanol–water partition coefficient (Wildman–Crippen LogP) is 1.27. The van der Waals surface area contributed by atoms with Crippen molar-refractivity contribution in [1.29, 1.82) is 0 Å². The summed E-state index contributed by atoms with van der Waals surface area (Å²) in [6.45, 7) is 2.49. The van der Waals surface area contributed by atoms with E-state index in [1.165, 1.54) is 12.4 Å². The lowest BCUT2D eigenvalue weighted by Gasteiger charge is -2.14. The summed E-state index contributed by atoms with van der Waals surface area (Å²) in [6, 6.07) is -0.397. The van der Waals surface area contributed by atoms with Crippen molar-refractivity contribution in [3.8, 4) is 0 Å². The summed E-state index contributed by atoms with van der Waals surface area (Å²) < 4.78 is 0. The fourth-order valence-corrected chi connectivity index (χ4v) is 1.72. The number of hydrogen-bond acceptors (Lipinski definition) is 5. The SMILES string of the molecule is CCC(CCNC(=O)Nc1nccnn1)CCC(=O)O. The van der Waals surface area contributed by atoms with Crippen LogP contribution in [0.4, 0.5) is 10.7 Å². The first-order valence-corrected chi connectivity index (χ1v) is 6.52. The van der Waals surface area contributed by atoms with Gasteiger partial charge in [0.2, 0.25) is 0 Å². The number of urea groups is 1. The molecule has 0 aliphatic carbocycles. The van der Waals surface area contributed by atoms with Gasteiger partial charge in [0.05, 0.1) is 12.4 Å². The molecule has 1 heterocycles. The molecule has 0 saturated heterocycles. The average Bonchev–Trinajstić information content (AvgIpc) is 2.43. The maximum Gasteiger partial charge on any atom is 0.321 e. The fraction of sp³-hybridized carbons (Fsp3) is 0.583. The molecule has 1 aromatic heterocycles. The summed E-state index contributed by atoms with van der Waals surface area (Å²) in [5, 5.41) is 21.0. The fourth-order valence-electron chi connectivity index (χ4n) is 1.72. The molecule has 8 nitrogen and oxygen atoms in total. The first kappa shape index (κ1) is 15.8. The minimum atomic E-state index is -0.789. The van der Waals surface area contributed by atoms with E-state index in [2.05, 4.69) is 25.8 Å². The summed E-state index contributed by atoms with van der Waals surface area (Å²) in [7, 11) is 0. The van der Waals surface area contributed by atoms with Gasteiger partial charge in [0.1, 0.15) is 0 Å². The van der Waals surface area contributed by atoms with Gasteiger partial charge in [-0.05, 0) is 18.8 Å². The van der Waals surface area contributed by atoms with Crippen LogP contribution in [0.25, 0.3) is 0 Å². The van der Waals surface area contributed by atoms with Crippen molar-refractivity contribution in [1.82, 2.24) is 20.5 Å². The summed E-state index contributed by atoms with van der Waals surface area (Å²) >= 11 is 0. The molecule has 0 bridgehead atoms. The highest BCUT2D eigenvalue weighted by Crippen LogP contribution is 2.14. The summed E-state index contributed by atoms with van der Waals surface area (Å²) in [5.74, 6) is -0.355. The predicted molar refractivity (Wildman–Crippen MR) is 72.1 cm³/mol. The largest absolute Gasteiger partial charge is 0.481 e. The molecule has 0 aromatic carbocycles. The smallest absolute Gasteiger partial charge is 0.321 e. The molecule has 0 spiro atoms. The lowest BCUT2D eigenvalue weighted by atomic mass is 9.97. The van der Waals surface area contributed by atoms with Gasteiger partial charge in [-0.2, -0.15) is 5.10 Å². The van der Waals surface area contributed by atoms with Crippen LogP contribution in [-0.2, 0) is 4.79 Å². The van der Waals surface area contributed by atoms with Crippen molar-refractivity contribution in [2.24, 2.45) is 5.92 Å². The Balaban J connectivity index is 2.21. The van der Waals surface area contributed by atoms with Crippen molar-refractivity contribution >= 4 is 17.9 Å². The molecule has 1 aromatic rings. The molecule has 0 saturated carbocycles. The molecule has 2 amide bonds. The molecule has 20 heavy (non-hydrogen) atoms. The van der Waals surface area contributed by atoms with E-state index >= 15 is 0 Å². The van der Waals surface area contributed by atoms with E-state index in [9.17, 15) is 9.59 Å². The third-order valence-electron chi connectivity index (χ3n) is 2.89. The quantitative estimate of drug-likeness (QED) is 0.660. The molecular formula is C12H19N5O3. The van der Waals surface area contributed by atoms with E-state index in [1.807, 2.05) is 6.92 Å². The zero-order valence-electron chi connectivity index (χ0n) is 11.4. The number of anilines is 1. The second-order valence-corrected chi connectivity index (χ2v) is 4.34. The van der Waals surface area contributed by atoms with Gasteiger partial charge >= 0.3 is 12.0 Å². The van der Waals surface area contributed by atoms with Crippen molar-refractivity contribution in [2.75, 3.05) is 11.9 Å². The first-order chi connectivity index (χ1) is 9.61. The molecule has 0 aliphatic rings. The summed E-state index contributed by atoms with van der Waals surface area (Å²) in [4.78, 5) is 25.8. The molecule has 0 radical (unpaired) electrons.